The molecule has 0 aliphatic heterocycles. The Morgan fingerprint density at radius 3 is 1.03 bits per heavy atom. The second kappa shape index (κ2) is 48.4. The molecule has 0 aliphatic carbocycles. The molecule has 0 spiro atoms. The van der Waals surface area contributed by atoms with Gasteiger partial charge in [-0.1, -0.05) is 96.8 Å². The molecule has 4 nitrogen and oxygen atoms in total. The molecule has 5 heteroatoms. The average Bonchev–Trinajstić information content (AvgIpc) is 2.73. The summed E-state index contributed by atoms with van der Waals surface area (Å²) in [4.78, 5) is 10.3. The van der Waals surface area contributed by atoms with Crippen molar-refractivity contribution in [2.75, 3.05) is 0 Å². The van der Waals surface area contributed by atoms with Crippen molar-refractivity contribution >= 4 is 5.97 Å². The zero-order valence-electron chi connectivity index (χ0n) is 22.8. The molecular weight excluding hydrogens is 436 g/mol. The molecule has 32 heavy (non-hydrogen) atoms. The van der Waals surface area contributed by atoms with E-state index in [-0.39, 0.29) is 6.10 Å². The summed E-state index contributed by atoms with van der Waals surface area (Å²) >= 11 is 0.750. The van der Waals surface area contributed by atoms with E-state index in [0.717, 1.165) is 33.2 Å². The van der Waals surface area contributed by atoms with Gasteiger partial charge in [0.2, 0.25) is 0 Å². The number of carbonyl (C=O) groups is 1. The standard InChI is InChI=1S/C18H36O2.C3H8O.2C3H7.O.Ti/c1-2-3-4-5-6-7-8-9-10-11-12-13-14-15-16-17-18(19)20;1-3(2)4;2*1-3-2;;/h2-17H2,1H3,(H,19,20);3-4H,1-2H3;2*3H,1-2H3;;/q;;2*-1;;+2. The molecule has 0 saturated heterocycles. The molecule has 0 amide bonds. The van der Waals surface area contributed by atoms with Crippen molar-refractivity contribution in [3.63, 3.8) is 0 Å². The second-order valence-corrected chi connectivity index (χ2v) is 8.34. The topological polar surface area (TPSA) is 74.6 Å². The maximum absolute atomic E-state index is 10.3. The molecule has 0 radical (unpaired) electrons. The summed E-state index contributed by atoms with van der Waals surface area (Å²) < 4.78 is 8.25. The van der Waals surface area contributed by atoms with E-state index in [1.807, 2.05) is 40.5 Å². The van der Waals surface area contributed by atoms with Gasteiger partial charge in [-0.15, -0.1) is 0 Å². The van der Waals surface area contributed by atoms with Crippen molar-refractivity contribution in [1.29, 1.82) is 0 Å². The number of rotatable bonds is 16. The molecule has 0 aromatic carbocycles. The Balaban J connectivity index is -0.000000168. The Labute approximate surface area is 214 Å². The van der Waals surface area contributed by atoms with Crippen LogP contribution in [0.5, 0.6) is 0 Å². The van der Waals surface area contributed by atoms with E-state index in [2.05, 4.69) is 6.92 Å². The number of aliphatic carboxylic acids is 1. The van der Waals surface area contributed by atoms with Gasteiger partial charge in [0.1, 0.15) is 0 Å². The number of hydrogen-bond donors (Lipinski definition) is 2. The van der Waals surface area contributed by atoms with Crippen LogP contribution in [0.2, 0.25) is 0 Å². The summed E-state index contributed by atoms with van der Waals surface area (Å²) in [5, 5.41) is 16.6. The van der Waals surface area contributed by atoms with Gasteiger partial charge in [0.15, 0.2) is 0 Å². The number of carboxylic acids is 1. The second-order valence-electron chi connectivity index (χ2n) is 8.34. The van der Waals surface area contributed by atoms with Crippen LogP contribution in [0.4, 0.5) is 0 Å². The van der Waals surface area contributed by atoms with Crippen molar-refractivity contribution in [3.8, 4) is 0 Å². The van der Waals surface area contributed by atoms with Crippen LogP contribution < -0.4 is 0 Å². The SMILES string of the molecule is CC(C)O.CCCCCCCCCCCCCCCCCC(=O)O.C[CH-]C.C[CH-]C.[O]=[Ti+2]. The Morgan fingerprint density at radius 2 is 0.844 bits per heavy atom. The van der Waals surface area contributed by atoms with Crippen molar-refractivity contribution in [3.05, 3.63) is 12.8 Å². The van der Waals surface area contributed by atoms with E-state index >= 15 is 0 Å². The van der Waals surface area contributed by atoms with Gasteiger partial charge in [-0.05, 0) is 20.3 Å². The fourth-order valence-electron chi connectivity index (χ4n) is 2.65. The first-order valence-electron chi connectivity index (χ1n) is 12.9. The van der Waals surface area contributed by atoms with E-state index in [1.165, 1.54) is 83.5 Å². The van der Waals surface area contributed by atoms with Crippen molar-refractivity contribution in [2.24, 2.45) is 0 Å². The third-order valence-corrected chi connectivity index (χ3v) is 3.99. The first-order valence-corrected chi connectivity index (χ1v) is 13.6. The van der Waals surface area contributed by atoms with Gasteiger partial charge < -0.3 is 23.1 Å². The van der Waals surface area contributed by atoms with E-state index in [0.29, 0.717) is 6.42 Å². The third-order valence-electron chi connectivity index (χ3n) is 3.99. The van der Waals surface area contributed by atoms with Gasteiger partial charge in [0.05, 0.1) is 0 Å². The van der Waals surface area contributed by atoms with Gasteiger partial charge in [-0.3, -0.25) is 4.79 Å². The van der Waals surface area contributed by atoms with E-state index < -0.39 is 5.97 Å². The molecule has 0 atom stereocenters. The van der Waals surface area contributed by atoms with E-state index in [4.69, 9.17) is 13.5 Å². The molecule has 0 aromatic heterocycles. The van der Waals surface area contributed by atoms with Gasteiger partial charge >= 0.3 is 29.7 Å². The van der Waals surface area contributed by atoms with Crippen molar-refractivity contribution < 1.29 is 38.7 Å². The van der Waals surface area contributed by atoms with Gasteiger partial charge in [0.25, 0.3) is 0 Å². The van der Waals surface area contributed by atoms with E-state index in [1.54, 1.807) is 13.8 Å². The first kappa shape index (κ1) is 42.1. The molecule has 0 aliphatic rings. The summed E-state index contributed by atoms with van der Waals surface area (Å²) in [6.45, 7) is 13.7. The van der Waals surface area contributed by atoms with Gasteiger partial charge in [0, 0.05) is 12.5 Å². The molecular formula is C27H58O4Ti. The fourth-order valence-corrected chi connectivity index (χ4v) is 2.65. The molecule has 0 rings (SSSR count). The first-order chi connectivity index (χ1) is 15.3. The molecule has 0 saturated carbocycles. The number of aliphatic hydroxyl groups excluding tert-OH is 1. The summed E-state index contributed by atoms with van der Waals surface area (Å²) in [7, 11) is 0. The van der Waals surface area contributed by atoms with Crippen LogP contribution in [0.25, 0.3) is 0 Å². The Bertz CT molecular complexity index is 282. The number of hydrogen-bond acceptors (Lipinski definition) is 3. The van der Waals surface area contributed by atoms with Crippen LogP contribution in [-0.2, 0) is 28.5 Å². The maximum atomic E-state index is 10.3. The quantitative estimate of drug-likeness (QED) is 0.127. The number of carboxylic acid groups (broad SMARTS) is 1. The third kappa shape index (κ3) is 87.4. The fraction of sp³-hybridized carbons (Fsp3) is 0.889. The van der Waals surface area contributed by atoms with Crippen molar-refractivity contribution in [1.82, 2.24) is 0 Å². The predicted molar refractivity (Wildman–Crippen MR) is 137 cm³/mol. The van der Waals surface area contributed by atoms with Crippen LogP contribution in [0.3, 0.4) is 0 Å². The minimum absolute atomic E-state index is 0.167. The monoisotopic (exact) mass is 494 g/mol. The van der Waals surface area contributed by atoms with Crippen LogP contribution in [0.15, 0.2) is 0 Å². The zero-order chi connectivity index (χ0) is 25.9. The van der Waals surface area contributed by atoms with Crippen LogP contribution in [0.1, 0.15) is 151 Å². The van der Waals surface area contributed by atoms with Gasteiger partial charge in [-0.25, -0.2) is 0 Å². The molecule has 0 unspecified atom stereocenters. The molecule has 0 heterocycles. The van der Waals surface area contributed by atoms with Crippen LogP contribution >= 0.6 is 0 Å². The molecule has 194 valence electrons. The zero-order valence-corrected chi connectivity index (χ0v) is 24.3. The van der Waals surface area contributed by atoms with Crippen LogP contribution in [0, 0.1) is 12.8 Å². The summed E-state index contributed by atoms with van der Waals surface area (Å²) in [5.41, 5.74) is 0. The Morgan fingerprint density at radius 1 is 0.656 bits per heavy atom. The molecule has 0 fully saturated rings. The minimum atomic E-state index is -0.653. The van der Waals surface area contributed by atoms with Crippen LogP contribution in [-0.4, -0.2) is 22.3 Å². The average molecular weight is 495 g/mol. The number of aliphatic hydroxyl groups is 1. The van der Waals surface area contributed by atoms with E-state index in [9.17, 15) is 4.79 Å². The molecule has 0 bridgehead atoms. The summed E-state index contributed by atoms with van der Waals surface area (Å²) in [5.74, 6) is -0.653. The molecule has 0 aromatic rings. The summed E-state index contributed by atoms with van der Waals surface area (Å²) in [6, 6.07) is 0. The summed E-state index contributed by atoms with van der Waals surface area (Å²) in [6.07, 6.45) is 24.0. The van der Waals surface area contributed by atoms with Gasteiger partial charge in [-0.2, -0.15) is 27.7 Å². The van der Waals surface area contributed by atoms with Crippen molar-refractivity contribution in [2.45, 2.75) is 157 Å². The predicted octanol–water partition coefficient (Wildman–Crippen LogP) is 9.06. The number of unbranched alkanes of at least 4 members (excludes halogenated alkanes) is 14. The Hall–Kier alpha value is -0.0557. The molecule has 2 N–H and O–H groups in total. The normalized spacial score (nSPS) is 9.22. The Kier molecular flexibility index (Phi) is 63.7.